The number of hydrogen-bond acceptors (Lipinski definition) is 5. The van der Waals surface area contributed by atoms with Crippen LogP contribution in [0.4, 0.5) is 5.69 Å². The molecule has 0 heterocycles. The summed E-state index contributed by atoms with van der Waals surface area (Å²) in [6.45, 7) is -0.563. The number of anilines is 1. The number of esters is 1. The van der Waals surface area contributed by atoms with Crippen molar-refractivity contribution in [2.45, 2.75) is 0 Å². The van der Waals surface area contributed by atoms with Gasteiger partial charge in [0.2, 0.25) is 0 Å². The highest BCUT2D eigenvalue weighted by molar-refractivity contribution is 6.00. The van der Waals surface area contributed by atoms with Gasteiger partial charge in [0.1, 0.15) is 17.7 Å². The molecule has 0 saturated carbocycles. The summed E-state index contributed by atoms with van der Waals surface area (Å²) in [4.78, 5) is 23.8. The summed E-state index contributed by atoms with van der Waals surface area (Å²) < 4.78 is 4.85. The van der Waals surface area contributed by atoms with Crippen LogP contribution in [0.25, 0.3) is 6.08 Å². The number of nitrogens with one attached hydrogen (secondary N) is 1. The first-order chi connectivity index (χ1) is 12.1. The van der Waals surface area contributed by atoms with E-state index in [9.17, 15) is 9.59 Å². The maximum absolute atomic E-state index is 11.9. The van der Waals surface area contributed by atoms with Crippen molar-refractivity contribution in [2.24, 2.45) is 0 Å². The number of carbonyl (C=O) groups excluding carboxylic acids is 2. The number of rotatable bonds is 5. The van der Waals surface area contributed by atoms with Crippen LogP contribution in [0.5, 0.6) is 0 Å². The molecule has 0 aliphatic rings. The first-order valence-electron chi connectivity index (χ1n) is 7.27. The highest BCUT2D eigenvalue weighted by Gasteiger charge is 2.14. The normalized spacial score (nSPS) is 10.2. The average molecular weight is 331 g/mol. The molecule has 0 unspecified atom stereocenters. The van der Waals surface area contributed by atoms with Crippen LogP contribution in [0.15, 0.2) is 60.2 Å². The number of carbonyl (C=O) groups is 2. The molecule has 1 N–H and O–H groups in total. The lowest BCUT2D eigenvalue weighted by molar-refractivity contribution is -0.142. The molecule has 6 nitrogen and oxygen atoms in total. The molecule has 2 rings (SSSR count). The Morgan fingerprint density at radius 2 is 1.72 bits per heavy atom. The van der Waals surface area contributed by atoms with Crippen molar-refractivity contribution in [2.75, 3.05) is 11.9 Å². The molecule has 1 amide bonds. The summed E-state index contributed by atoms with van der Waals surface area (Å²) in [5, 5.41) is 20.5. The molecule has 0 aromatic heterocycles. The summed E-state index contributed by atoms with van der Waals surface area (Å²) in [7, 11) is 0. The predicted octanol–water partition coefficient (Wildman–Crippen LogP) is 2.65. The number of para-hydroxylation sites is 1. The lowest BCUT2D eigenvalue weighted by Gasteiger charge is -2.07. The van der Waals surface area contributed by atoms with E-state index < -0.39 is 18.5 Å². The van der Waals surface area contributed by atoms with Gasteiger partial charge in [-0.3, -0.25) is 4.79 Å². The van der Waals surface area contributed by atoms with E-state index in [0.29, 0.717) is 16.8 Å². The first kappa shape index (κ1) is 17.5. The second kappa shape index (κ2) is 8.66. The highest BCUT2D eigenvalue weighted by atomic mass is 16.5. The zero-order valence-electron chi connectivity index (χ0n) is 13.1. The third kappa shape index (κ3) is 5.05. The molecule has 0 spiro atoms. The van der Waals surface area contributed by atoms with Crippen molar-refractivity contribution in [3.05, 3.63) is 71.3 Å². The average Bonchev–Trinajstić information content (AvgIpc) is 2.65. The van der Waals surface area contributed by atoms with E-state index in [4.69, 9.17) is 15.3 Å². The molecule has 25 heavy (non-hydrogen) atoms. The van der Waals surface area contributed by atoms with Gasteiger partial charge in [-0.25, -0.2) is 4.79 Å². The highest BCUT2D eigenvalue weighted by Crippen LogP contribution is 2.13. The summed E-state index contributed by atoms with van der Waals surface area (Å²) in [6, 6.07) is 19.0. The van der Waals surface area contributed by atoms with E-state index in [1.54, 1.807) is 54.6 Å². The Bertz CT molecular complexity index is 890. The minimum Gasteiger partial charge on any atom is -0.451 e. The van der Waals surface area contributed by atoms with Gasteiger partial charge in [-0.15, -0.1) is 0 Å². The minimum absolute atomic E-state index is 0.212. The van der Waals surface area contributed by atoms with Gasteiger partial charge >= 0.3 is 5.97 Å². The molecule has 0 aliphatic heterocycles. The number of hydrogen-bond donors (Lipinski definition) is 1. The smallest absolute Gasteiger partial charge is 0.349 e. The molecule has 0 radical (unpaired) electrons. The Hall–Kier alpha value is -3.90. The van der Waals surface area contributed by atoms with Crippen LogP contribution < -0.4 is 5.32 Å². The van der Waals surface area contributed by atoms with Gasteiger partial charge in [0.05, 0.1) is 11.3 Å². The number of nitrogens with zero attached hydrogens (tertiary/aromatic N) is 2. The van der Waals surface area contributed by atoms with Crippen LogP contribution in [-0.4, -0.2) is 18.5 Å². The molecule has 0 atom stereocenters. The molecule has 0 fully saturated rings. The fourth-order valence-electron chi connectivity index (χ4n) is 1.94. The fraction of sp³-hybridized carbons (Fsp3) is 0.0526. The van der Waals surface area contributed by atoms with Crippen molar-refractivity contribution in [3.8, 4) is 12.1 Å². The molecule has 6 heteroatoms. The van der Waals surface area contributed by atoms with E-state index in [1.165, 1.54) is 6.08 Å². The Labute approximate surface area is 144 Å². The van der Waals surface area contributed by atoms with Gasteiger partial charge < -0.3 is 10.1 Å². The van der Waals surface area contributed by atoms with Crippen LogP contribution in [0.1, 0.15) is 11.1 Å². The molecule has 122 valence electrons. The molecule has 2 aromatic carbocycles. The van der Waals surface area contributed by atoms with Crippen molar-refractivity contribution in [3.63, 3.8) is 0 Å². The van der Waals surface area contributed by atoms with E-state index in [1.807, 2.05) is 12.1 Å². The Morgan fingerprint density at radius 1 is 1.04 bits per heavy atom. The fourth-order valence-corrected chi connectivity index (χ4v) is 1.94. The zero-order chi connectivity index (χ0) is 18.1. The van der Waals surface area contributed by atoms with Gasteiger partial charge in [0.25, 0.3) is 5.91 Å². The van der Waals surface area contributed by atoms with Crippen molar-refractivity contribution in [1.82, 2.24) is 0 Å². The largest absolute Gasteiger partial charge is 0.451 e. The van der Waals surface area contributed by atoms with Crippen LogP contribution >= 0.6 is 0 Å². The van der Waals surface area contributed by atoms with Crippen LogP contribution in [-0.2, 0) is 14.3 Å². The molecule has 2 aromatic rings. The van der Waals surface area contributed by atoms with Gasteiger partial charge in [0, 0.05) is 0 Å². The second-order valence-corrected chi connectivity index (χ2v) is 4.86. The second-order valence-electron chi connectivity index (χ2n) is 4.86. The van der Waals surface area contributed by atoms with Gasteiger partial charge in [0.15, 0.2) is 6.61 Å². The topological polar surface area (TPSA) is 103 Å². The third-order valence-corrected chi connectivity index (χ3v) is 3.11. The van der Waals surface area contributed by atoms with Crippen molar-refractivity contribution < 1.29 is 14.3 Å². The van der Waals surface area contributed by atoms with Gasteiger partial charge in [-0.05, 0) is 23.8 Å². The molecule has 0 bridgehead atoms. The van der Waals surface area contributed by atoms with E-state index in [0.717, 1.165) is 0 Å². The maximum atomic E-state index is 11.9. The molecule has 0 aliphatic carbocycles. The third-order valence-electron chi connectivity index (χ3n) is 3.11. The van der Waals surface area contributed by atoms with Crippen LogP contribution in [0, 0.1) is 22.7 Å². The minimum atomic E-state index is -0.893. The van der Waals surface area contributed by atoms with E-state index >= 15 is 0 Å². The number of benzene rings is 2. The monoisotopic (exact) mass is 331 g/mol. The standard InChI is InChI=1S/C19H13N3O3/c20-11-15-8-4-5-9-17(15)22-18(23)13-25-19(24)16(12-21)10-14-6-2-1-3-7-14/h1-10H,13H2,(H,22,23)/b16-10-. The summed E-state index contributed by atoms with van der Waals surface area (Å²) in [6.07, 6.45) is 1.38. The quantitative estimate of drug-likeness (QED) is 0.515. The number of amides is 1. The maximum Gasteiger partial charge on any atom is 0.349 e. The predicted molar refractivity (Wildman–Crippen MR) is 90.8 cm³/mol. The Morgan fingerprint density at radius 3 is 2.40 bits per heavy atom. The Kier molecular flexibility index (Phi) is 6.05. The van der Waals surface area contributed by atoms with Crippen molar-refractivity contribution in [1.29, 1.82) is 10.5 Å². The van der Waals surface area contributed by atoms with Crippen molar-refractivity contribution >= 4 is 23.6 Å². The summed E-state index contributed by atoms with van der Waals surface area (Å²) in [5.74, 6) is -1.50. The molecule has 0 saturated heterocycles. The zero-order valence-corrected chi connectivity index (χ0v) is 13.1. The van der Waals surface area contributed by atoms with Crippen LogP contribution in [0.3, 0.4) is 0 Å². The SMILES string of the molecule is N#C/C(=C/c1ccccc1)C(=O)OCC(=O)Nc1ccccc1C#N. The molecular formula is C19H13N3O3. The van der Waals surface area contributed by atoms with Crippen LogP contribution in [0.2, 0.25) is 0 Å². The summed E-state index contributed by atoms with van der Waals surface area (Å²) in [5.41, 5.74) is 1.08. The van der Waals surface area contributed by atoms with E-state index in [-0.39, 0.29) is 5.57 Å². The number of ether oxygens (including phenoxy) is 1. The van der Waals surface area contributed by atoms with Gasteiger partial charge in [-0.2, -0.15) is 10.5 Å². The lowest BCUT2D eigenvalue weighted by Crippen LogP contribution is -2.21. The Balaban J connectivity index is 1.97. The first-order valence-corrected chi connectivity index (χ1v) is 7.27. The molecular weight excluding hydrogens is 318 g/mol. The summed E-state index contributed by atoms with van der Waals surface area (Å²) >= 11 is 0. The van der Waals surface area contributed by atoms with Gasteiger partial charge in [-0.1, -0.05) is 42.5 Å². The lowest BCUT2D eigenvalue weighted by atomic mass is 10.1. The number of nitriles is 2. The van der Waals surface area contributed by atoms with E-state index in [2.05, 4.69) is 5.32 Å².